The van der Waals surface area contributed by atoms with E-state index in [0.717, 1.165) is 6.07 Å². The van der Waals surface area contributed by atoms with E-state index in [0.29, 0.717) is 19.6 Å². The molecule has 2 rings (SSSR count). The Kier molecular flexibility index (Phi) is 4.11. The molecule has 1 aliphatic heterocycles. The van der Waals surface area contributed by atoms with Crippen molar-refractivity contribution in [1.82, 2.24) is 5.32 Å². The average Bonchev–Trinajstić information content (AvgIpc) is 2.89. The number of carbonyl (C=O) groups excluding carboxylic acids is 1. The highest BCUT2D eigenvalue weighted by Crippen LogP contribution is 2.21. The molecule has 0 aromatic heterocycles. The van der Waals surface area contributed by atoms with Crippen LogP contribution in [-0.2, 0) is 9.47 Å². The first-order valence-electron chi connectivity index (χ1n) is 5.93. The normalized spacial score (nSPS) is 22.5. The van der Waals surface area contributed by atoms with E-state index in [2.05, 4.69) is 5.32 Å². The lowest BCUT2D eigenvalue weighted by atomic mass is 10.0. The number of nitrogens with one attached hydrogen (secondary N) is 1. The quantitative estimate of drug-likeness (QED) is 0.902. The zero-order valence-corrected chi connectivity index (χ0v) is 10.5. The zero-order valence-electron chi connectivity index (χ0n) is 10.5. The highest BCUT2D eigenvalue weighted by molar-refractivity contribution is 5.94. The number of ether oxygens (including phenoxy) is 2. The fraction of sp³-hybridized carbons (Fsp3) is 0.462. The third-order valence-electron chi connectivity index (χ3n) is 3.27. The summed E-state index contributed by atoms with van der Waals surface area (Å²) in [5, 5.41) is 2.55. The molecular formula is C13H15F2NO3. The Bertz CT molecular complexity index is 473. The van der Waals surface area contributed by atoms with Gasteiger partial charge in [0.15, 0.2) is 11.6 Å². The van der Waals surface area contributed by atoms with Crippen molar-refractivity contribution in [1.29, 1.82) is 0 Å². The van der Waals surface area contributed by atoms with Gasteiger partial charge in [0, 0.05) is 26.7 Å². The first-order valence-corrected chi connectivity index (χ1v) is 5.93. The van der Waals surface area contributed by atoms with E-state index in [1.165, 1.54) is 19.2 Å². The van der Waals surface area contributed by atoms with Crippen molar-refractivity contribution in [3.8, 4) is 0 Å². The molecule has 1 amide bonds. The zero-order chi connectivity index (χ0) is 13.9. The minimum atomic E-state index is -1.14. The first-order chi connectivity index (χ1) is 9.08. The van der Waals surface area contributed by atoms with Crippen molar-refractivity contribution >= 4 is 5.91 Å². The number of rotatable bonds is 4. The summed E-state index contributed by atoms with van der Waals surface area (Å²) in [6.45, 7) is 1.12. The molecule has 1 unspecified atom stereocenters. The summed E-state index contributed by atoms with van der Waals surface area (Å²) in [6.07, 6.45) is 0.648. The van der Waals surface area contributed by atoms with Gasteiger partial charge in [0.25, 0.3) is 5.91 Å². The number of amides is 1. The van der Waals surface area contributed by atoms with Gasteiger partial charge in [-0.25, -0.2) is 8.78 Å². The van der Waals surface area contributed by atoms with Crippen LogP contribution in [0.1, 0.15) is 16.8 Å². The molecule has 0 bridgehead atoms. The maximum Gasteiger partial charge on any atom is 0.254 e. The van der Waals surface area contributed by atoms with E-state index in [1.807, 2.05) is 0 Å². The molecule has 1 saturated heterocycles. The van der Waals surface area contributed by atoms with Crippen LogP contribution in [0.15, 0.2) is 18.2 Å². The van der Waals surface area contributed by atoms with Crippen LogP contribution in [-0.4, -0.2) is 38.4 Å². The Balaban J connectivity index is 2.03. The predicted octanol–water partition coefficient (Wildman–Crippen LogP) is 1.50. The third-order valence-corrected chi connectivity index (χ3v) is 3.27. The Morgan fingerprint density at radius 2 is 2.32 bits per heavy atom. The second kappa shape index (κ2) is 5.63. The molecule has 0 saturated carbocycles. The predicted molar refractivity (Wildman–Crippen MR) is 63.9 cm³/mol. The van der Waals surface area contributed by atoms with Crippen molar-refractivity contribution in [2.75, 3.05) is 26.9 Å². The van der Waals surface area contributed by atoms with Gasteiger partial charge in [0.1, 0.15) is 5.60 Å². The van der Waals surface area contributed by atoms with Crippen LogP contribution >= 0.6 is 0 Å². The molecule has 1 aromatic carbocycles. The van der Waals surface area contributed by atoms with Crippen LogP contribution in [0.3, 0.4) is 0 Å². The van der Waals surface area contributed by atoms with Gasteiger partial charge in [-0.05, 0) is 12.1 Å². The molecule has 1 N–H and O–H groups in total. The van der Waals surface area contributed by atoms with Crippen LogP contribution in [0.4, 0.5) is 8.78 Å². The number of methoxy groups -OCH3 is 1. The molecule has 19 heavy (non-hydrogen) atoms. The van der Waals surface area contributed by atoms with Crippen LogP contribution < -0.4 is 5.32 Å². The van der Waals surface area contributed by atoms with Gasteiger partial charge in [0.2, 0.25) is 0 Å². The average molecular weight is 271 g/mol. The van der Waals surface area contributed by atoms with E-state index in [1.54, 1.807) is 0 Å². The first kappa shape index (κ1) is 13.9. The molecule has 6 heteroatoms. The maximum absolute atomic E-state index is 13.4. The smallest absolute Gasteiger partial charge is 0.254 e. The Morgan fingerprint density at radius 1 is 1.53 bits per heavy atom. The second-order valence-corrected chi connectivity index (χ2v) is 4.47. The van der Waals surface area contributed by atoms with Crippen molar-refractivity contribution < 1.29 is 23.0 Å². The van der Waals surface area contributed by atoms with Gasteiger partial charge in [-0.3, -0.25) is 4.79 Å². The lowest BCUT2D eigenvalue weighted by Gasteiger charge is -2.25. The molecule has 0 aliphatic carbocycles. The van der Waals surface area contributed by atoms with Gasteiger partial charge in [0.05, 0.1) is 12.2 Å². The summed E-state index contributed by atoms with van der Waals surface area (Å²) in [6, 6.07) is 3.49. The summed E-state index contributed by atoms with van der Waals surface area (Å²) < 4.78 is 37.0. The summed E-state index contributed by atoms with van der Waals surface area (Å²) in [5.74, 6) is -2.85. The Morgan fingerprint density at radius 3 is 2.95 bits per heavy atom. The largest absolute Gasteiger partial charge is 0.378 e. The molecule has 1 aliphatic rings. The maximum atomic E-state index is 13.4. The summed E-state index contributed by atoms with van der Waals surface area (Å²) in [7, 11) is 1.53. The molecule has 4 nitrogen and oxygen atoms in total. The van der Waals surface area contributed by atoms with E-state index in [9.17, 15) is 13.6 Å². The van der Waals surface area contributed by atoms with Crippen LogP contribution in [0.2, 0.25) is 0 Å². The summed E-state index contributed by atoms with van der Waals surface area (Å²) in [5.41, 5.74) is -0.899. The number of carbonyl (C=O) groups is 1. The van der Waals surface area contributed by atoms with Gasteiger partial charge >= 0.3 is 0 Å². The summed E-state index contributed by atoms with van der Waals surface area (Å²) in [4.78, 5) is 11.8. The van der Waals surface area contributed by atoms with E-state index in [-0.39, 0.29) is 12.1 Å². The Hall–Kier alpha value is -1.53. The fourth-order valence-corrected chi connectivity index (χ4v) is 1.98. The molecule has 104 valence electrons. The van der Waals surface area contributed by atoms with Crippen LogP contribution in [0.25, 0.3) is 0 Å². The highest BCUT2D eigenvalue weighted by atomic mass is 19.2. The van der Waals surface area contributed by atoms with Crippen molar-refractivity contribution in [2.45, 2.75) is 12.0 Å². The fourth-order valence-electron chi connectivity index (χ4n) is 1.98. The van der Waals surface area contributed by atoms with E-state index >= 15 is 0 Å². The topological polar surface area (TPSA) is 47.6 Å². The SMILES string of the molecule is COC1(CNC(=O)c2cccc(F)c2F)CCOC1. The second-order valence-electron chi connectivity index (χ2n) is 4.47. The van der Waals surface area contributed by atoms with Crippen molar-refractivity contribution in [2.24, 2.45) is 0 Å². The molecule has 1 aromatic rings. The molecule has 1 heterocycles. The number of halogens is 2. The Labute approximate surface area is 109 Å². The minimum absolute atomic E-state index is 0.193. The van der Waals surface area contributed by atoms with E-state index in [4.69, 9.17) is 9.47 Å². The van der Waals surface area contributed by atoms with Gasteiger partial charge < -0.3 is 14.8 Å². The van der Waals surface area contributed by atoms with Crippen molar-refractivity contribution in [3.63, 3.8) is 0 Å². The molecule has 1 fully saturated rings. The molecular weight excluding hydrogens is 256 g/mol. The van der Waals surface area contributed by atoms with Gasteiger partial charge in [-0.1, -0.05) is 6.07 Å². The van der Waals surface area contributed by atoms with Crippen LogP contribution in [0.5, 0.6) is 0 Å². The van der Waals surface area contributed by atoms with E-state index < -0.39 is 23.1 Å². The third kappa shape index (κ3) is 2.90. The molecule has 0 spiro atoms. The lowest BCUT2D eigenvalue weighted by Crippen LogP contribution is -2.45. The van der Waals surface area contributed by atoms with Gasteiger partial charge in [-0.15, -0.1) is 0 Å². The lowest BCUT2D eigenvalue weighted by molar-refractivity contribution is -0.0149. The molecule has 1 atom stereocenters. The monoisotopic (exact) mass is 271 g/mol. The van der Waals surface area contributed by atoms with Gasteiger partial charge in [-0.2, -0.15) is 0 Å². The molecule has 0 radical (unpaired) electrons. The standard InChI is InChI=1S/C13H15F2NO3/c1-18-13(5-6-19-8-13)7-16-12(17)9-3-2-4-10(14)11(9)15/h2-4H,5-8H2,1H3,(H,16,17). The number of benzene rings is 1. The number of hydrogen-bond donors (Lipinski definition) is 1. The summed E-state index contributed by atoms with van der Waals surface area (Å²) >= 11 is 0. The van der Waals surface area contributed by atoms with Crippen molar-refractivity contribution in [3.05, 3.63) is 35.4 Å². The minimum Gasteiger partial charge on any atom is -0.378 e. The van der Waals surface area contributed by atoms with Crippen LogP contribution in [0, 0.1) is 11.6 Å². The highest BCUT2D eigenvalue weighted by Gasteiger charge is 2.35. The number of hydrogen-bond acceptors (Lipinski definition) is 3.